The third-order valence-electron chi connectivity index (χ3n) is 4.66. The third-order valence-corrected chi connectivity index (χ3v) is 5.84. The number of fused-ring (bicyclic) bond motifs is 1. The van der Waals surface area contributed by atoms with Crippen molar-refractivity contribution < 1.29 is 9.53 Å². The maximum Gasteiger partial charge on any atom is 0.322 e. The van der Waals surface area contributed by atoms with Crippen LogP contribution in [0.15, 0.2) is 66.9 Å². The van der Waals surface area contributed by atoms with Crippen molar-refractivity contribution >= 4 is 28.2 Å². The number of hydrogen-bond donors (Lipinski definition) is 2. The number of H-pyrrole nitrogens is 1. The van der Waals surface area contributed by atoms with Crippen LogP contribution in [0, 0.1) is 0 Å². The third kappa shape index (κ3) is 3.52. The number of rotatable bonds is 5. The van der Waals surface area contributed by atoms with Crippen molar-refractivity contribution in [2.45, 2.75) is 12.5 Å². The molecule has 0 radical (unpaired) electrons. The van der Waals surface area contributed by atoms with Crippen LogP contribution in [-0.4, -0.2) is 24.1 Å². The molecule has 4 nitrogen and oxygen atoms in total. The van der Waals surface area contributed by atoms with Gasteiger partial charge in [0.1, 0.15) is 6.04 Å². The van der Waals surface area contributed by atoms with Gasteiger partial charge in [0.15, 0.2) is 0 Å². The Bertz CT molecular complexity index is 1080. The van der Waals surface area contributed by atoms with Crippen molar-refractivity contribution in [3.8, 4) is 20.9 Å². The van der Waals surface area contributed by atoms with Crippen LogP contribution in [0.3, 0.4) is 0 Å². The zero-order valence-electron chi connectivity index (χ0n) is 14.9. The minimum atomic E-state index is -0.663. The molecule has 0 bridgehead atoms. The Labute approximate surface area is 161 Å². The molecule has 3 N–H and O–H groups in total. The van der Waals surface area contributed by atoms with E-state index in [9.17, 15) is 4.79 Å². The Hall–Kier alpha value is -2.89. The van der Waals surface area contributed by atoms with E-state index in [2.05, 4.69) is 59.6 Å². The van der Waals surface area contributed by atoms with Gasteiger partial charge in [-0.25, -0.2) is 0 Å². The number of benzene rings is 2. The molecule has 0 aliphatic heterocycles. The molecular weight excluding hydrogens is 356 g/mol. The average Bonchev–Trinajstić information content (AvgIpc) is 3.35. The zero-order chi connectivity index (χ0) is 18.8. The summed E-state index contributed by atoms with van der Waals surface area (Å²) in [6.45, 7) is 0. The molecule has 0 amide bonds. The number of aromatic amines is 1. The van der Waals surface area contributed by atoms with Crippen LogP contribution in [0.2, 0.25) is 0 Å². The molecule has 0 saturated carbocycles. The summed E-state index contributed by atoms with van der Waals surface area (Å²) in [5, 5.41) is 1.08. The van der Waals surface area contributed by atoms with E-state index in [0.717, 1.165) is 22.0 Å². The number of nitrogens with one attached hydrogen (secondary N) is 1. The van der Waals surface area contributed by atoms with E-state index >= 15 is 0 Å². The van der Waals surface area contributed by atoms with Crippen molar-refractivity contribution in [1.82, 2.24) is 4.98 Å². The summed E-state index contributed by atoms with van der Waals surface area (Å²) in [5.41, 5.74) is 10.4. The Kier molecular flexibility index (Phi) is 4.79. The van der Waals surface area contributed by atoms with E-state index < -0.39 is 12.0 Å². The van der Waals surface area contributed by atoms with E-state index in [1.165, 1.54) is 22.4 Å². The van der Waals surface area contributed by atoms with Gasteiger partial charge in [-0.15, -0.1) is 11.3 Å². The second-order valence-corrected chi connectivity index (χ2v) is 7.52. The van der Waals surface area contributed by atoms with Crippen LogP contribution in [0.4, 0.5) is 0 Å². The van der Waals surface area contributed by atoms with E-state index in [1.807, 2.05) is 12.3 Å². The number of aromatic nitrogens is 1. The Morgan fingerprint density at radius 2 is 1.81 bits per heavy atom. The van der Waals surface area contributed by atoms with E-state index in [0.29, 0.717) is 6.42 Å². The van der Waals surface area contributed by atoms with Crippen molar-refractivity contribution in [3.63, 3.8) is 0 Å². The predicted octanol–water partition coefficient (Wildman–Crippen LogP) is 4.61. The molecule has 4 aromatic rings. The van der Waals surface area contributed by atoms with Gasteiger partial charge in [0.05, 0.1) is 7.11 Å². The zero-order valence-corrected chi connectivity index (χ0v) is 15.8. The van der Waals surface area contributed by atoms with Gasteiger partial charge in [-0.05, 0) is 41.0 Å². The minimum absolute atomic E-state index is 0.397. The summed E-state index contributed by atoms with van der Waals surface area (Å²) in [6.07, 6.45) is 2.36. The number of thiophene rings is 1. The molecule has 1 unspecified atom stereocenters. The summed E-state index contributed by atoms with van der Waals surface area (Å²) in [5.74, 6) is -0.397. The lowest BCUT2D eigenvalue weighted by atomic mass is 10.0. The number of esters is 1. The van der Waals surface area contributed by atoms with Crippen LogP contribution >= 0.6 is 11.3 Å². The fourth-order valence-corrected chi connectivity index (χ4v) is 4.23. The number of nitrogens with two attached hydrogens (primary N) is 1. The molecule has 2 aromatic carbocycles. The number of carbonyl (C=O) groups excluding carboxylic acids is 1. The molecule has 0 aliphatic rings. The van der Waals surface area contributed by atoms with Crippen molar-refractivity contribution in [2.24, 2.45) is 5.73 Å². The maximum absolute atomic E-state index is 11.6. The lowest BCUT2D eigenvalue weighted by Gasteiger charge is -2.08. The summed E-state index contributed by atoms with van der Waals surface area (Å²) < 4.78 is 4.74. The molecule has 0 spiro atoms. The Morgan fingerprint density at radius 3 is 2.56 bits per heavy atom. The van der Waals surface area contributed by atoms with Crippen LogP contribution in [0.5, 0.6) is 0 Å². The molecule has 2 aromatic heterocycles. The number of carbonyl (C=O) groups is 1. The summed E-state index contributed by atoms with van der Waals surface area (Å²) in [6, 6.07) is 20.4. The molecule has 136 valence electrons. The van der Waals surface area contributed by atoms with Gasteiger partial charge in [0.2, 0.25) is 0 Å². The molecule has 0 saturated heterocycles. The van der Waals surface area contributed by atoms with Gasteiger partial charge < -0.3 is 15.5 Å². The van der Waals surface area contributed by atoms with Crippen molar-refractivity contribution in [2.75, 3.05) is 7.11 Å². The van der Waals surface area contributed by atoms with E-state index in [4.69, 9.17) is 10.5 Å². The summed E-state index contributed by atoms with van der Waals surface area (Å²) in [4.78, 5) is 17.4. The normalized spacial score (nSPS) is 12.2. The minimum Gasteiger partial charge on any atom is -0.468 e. The SMILES string of the molecule is COC(=O)C(N)Cc1c[nH]c2ccc(-c3ccc(-c4ccccc4)s3)cc12. The molecular formula is C22H20N2O2S. The quantitative estimate of drug-likeness (QED) is 0.500. The van der Waals surface area contributed by atoms with Crippen LogP contribution in [0.25, 0.3) is 31.8 Å². The average molecular weight is 376 g/mol. The first-order valence-electron chi connectivity index (χ1n) is 8.75. The van der Waals surface area contributed by atoms with Crippen LogP contribution in [0.1, 0.15) is 5.56 Å². The van der Waals surface area contributed by atoms with Crippen LogP contribution < -0.4 is 5.73 Å². The maximum atomic E-state index is 11.6. The van der Waals surface area contributed by atoms with Gasteiger partial charge in [0, 0.05) is 33.3 Å². The van der Waals surface area contributed by atoms with E-state index in [-0.39, 0.29) is 0 Å². The van der Waals surface area contributed by atoms with E-state index in [1.54, 1.807) is 11.3 Å². The highest BCUT2D eigenvalue weighted by molar-refractivity contribution is 7.18. The topological polar surface area (TPSA) is 68.1 Å². The standard InChI is InChI=1S/C22H20N2O2S/c1-26-22(25)18(23)12-16-13-24-19-8-7-15(11-17(16)19)21-10-9-20(27-21)14-5-3-2-4-6-14/h2-11,13,18,24H,12,23H2,1H3. The predicted molar refractivity (Wildman–Crippen MR) is 111 cm³/mol. The Morgan fingerprint density at radius 1 is 1.07 bits per heavy atom. The second-order valence-electron chi connectivity index (χ2n) is 6.44. The smallest absolute Gasteiger partial charge is 0.322 e. The second kappa shape index (κ2) is 7.39. The summed E-state index contributed by atoms with van der Waals surface area (Å²) in [7, 11) is 1.36. The highest BCUT2D eigenvalue weighted by atomic mass is 32.1. The van der Waals surface area contributed by atoms with Crippen molar-refractivity contribution in [1.29, 1.82) is 0 Å². The molecule has 0 fully saturated rings. The lowest BCUT2D eigenvalue weighted by molar-refractivity contribution is -0.142. The van der Waals surface area contributed by atoms with Gasteiger partial charge in [-0.2, -0.15) is 0 Å². The monoisotopic (exact) mass is 376 g/mol. The molecule has 4 rings (SSSR count). The largest absolute Gasteiger partial charge is 0.468 e. The first kappa shape index (κ1) is 17.5. The molecule has 0 aliphatic carbocycles. The fourth-order valence-electron chi connectivity index (χ4n) is 3.22. The number of hydrogen-bond acceptors (Lipinski definition) is 4. The van der Waals surface area contributed by atoms with Gasteiger partial charge in [-0.1, -0.05) is 36.4 Å². The Balaban J connectivity index is 1.66. The lowest BCUT2D eigenvalue weighted by Crippen LogP contribution is -2.33. The van der Waals surface area contributed by atoms with Gasteiger partial charge >= 0.3 is 5.97 Å². The van der Waals surface area contributed by atoms with Crippen LogP contribution in [-0.2, 0) is 16.0 Å². The fraction of sp³-hybridized carbons (Fsp3) is 0.136. The van der Waals surface area contributed by atoms with Crippen molar-refractivity contribution in [3.05, 3.63) is 72.4 Å². The number of methoxy groups -OCH3 is 1. The molecule has 1 atom stereocenters. The van der Waals surface area contributed by atoms with Gasteiger partial charge in [0.25, 0.3) is 0 Å². The first-order valence-corrected chi connectivity index (χ1v) is 9.56. The molecule has 2 heterocycles. The molecule has 27 heavy (non-hydrogen) atoms. The molecule has 5 heteroatoms. The van der Waals surface area contributed by atoms with Gasteiger partial charge in [-0.3, -0.25) is 4.79 Å². The number of ether oxygens (including phenoxy) is 1. The summed E-state index contributed by atoms with van der Waals surface area (Å²) >= 11 is 1.77. The first-order chi connectivity index (χ1) is 13.2. The highest BCUT2D eigenvalue weighted by Crippen LogP contribution is 2.36. The highest BCUT2D eigenvalue weighted by Gasteiger charge is 2.17.